The zero-order chi connectivity index (χ0) is 6.81. The zero-order valence-corrected chi connectivity index (χ0v) is 5.02. The first-order valence-corrected chi connectivity index (χ1v) is 2.77. The van der Waals surface area contributed by atoms with E-state index >= 15 is 0 Å². The minimum absolute atomic E-state index is 0.532. The van der Waals surface area contributed by atoms with E-state index in [1.54, 1.807) is 12.3 Å². The van der Waals surface area contributed by atoms with E-state index in [2.05, 4.69) is 26.5 Å². The van der Waals surface area contributed by atoms with Crippen molar-refractivity contribution in [3.05, 3.63) is 24.5 Å². The van der Waals surface area contributed by atoms with Gasteiger partial charge in [0.2, 0.25) is 5.65 Å². The molecular formula is C6H3N4. The lowest BCUT2D eigenvalue weighted by molar-refractivity contribution is 0.987. The number of nitrogens with zero attached hydrogens (tertiary/aromatic N) is 4. The average Bonchev–Trinajstić information content (AvgIpc) is 2.05. The van der Waals surface area contributed by atoms with E-state index in [9.17, 15) is 0 Å². The van der Waals surface area contributed by atoms with Gasteiger partial charge >= 0.3 is 0 Å². The number of hydrogen-bond acceptors (Lipinski definition) is 4. The molecule has 0 spiro atoms. The Hall–Kier alpha value is -1.58. The molecule has 4 nitrogen and oxygen atoms in total. The third-order valence-corrected chi connectivity index (χ3v) is 1.13. The van der Waals surface area contributed by atoms with Crippen molar-refractivity contribution in [1.82, 2.24) is 20.4 Å². The summed E-state index contributed by atoms with van der Waals surface area (Å²) in [6, 6.07) is 4.66. The monoisotopic (exact) mass is 131 g/mol. The Morgan fingerprint density at radius 2 is 2.10 bits per heavy atom. The van der Waals surface area contributed by atoms with E-state index in [0.29, 0.717) is 5.65 Å². The molecule has 10 heavy (non-hydrogen) atoms. The minimum atomic E-state index is 0.532. The fraction of sp³-hybridized carbons (Fsp3) is 0. The van der Waals surface area contributed by atoms with Gasteiger partial charge in [0.05, 0.1) is 12.4 Å². The summed E-state index contributed by atoms with van der Waals surface area (Å²) >= 11 is 0. The average molecular weight is 131 g/mol. The van der Waals surface area contributed by atoms with Crippen LogP contribution < -0.4 is 0 Å². The maximum Gasteiger partial charge on any atom is 0.204 e. The van der Waals surface area contributed by atoms with E-state index in [1.807, 2.05) is 0 Å². The fourth-order valence-electron chi connectivity index (χ4n) is 0.693. The molecule has 2 aromatic heterocycles. The Balaban J connectivity index is 2.89. The maximum absolute atomic E-state index is 3.73. The van der Waals surface area contributed by atoms with E-state index in [1.165, 1.54) is 6.20 Å². The lowest BCUT2D eigenvalue weighted by Crippen LogP contribution is -1.87. The number of fused-ring (bicyclic) bond motifs is 1. The minimum Gasteiger partial charge on any atom is -0.157 e. The second-order valence-corrected chi connectivity index (χ2v) is 1.76. The van der Waals surface area contributed by atoms with Crippen LogP contribution in [-0.4, -0.2) is 20.4 Å². The van der Waals surface area contributed by atoms with Crippen LogP contribution in [0, 0.1) is 6.07 Å². The Labute approximate surface area is 56.9 Å². The predicted octanol–water partition coefficient (Wildman–Crippen LogP) is 0.220. The highest BCUT2D eigenvalue weighted by molar-refractivity contribution is 5.71. The standard InChI is InChI=1S/C6H3N4/c1-3-7-9-6-5(1)2-4-8-10-6/h1,3-4H. The zero-order valence-electron chi connectivity index (χ0n) is 5.02. The summed E-state index contributed by atoms with van der Waals surface area (Å²) in [5.74, 6) is 0. The van der Waals surface area contributed by atoms with Crippen molar-refractivity contribution in [2.24, 2.45) is 0 Å². The molecule has 47 valence electrons. The molecule has 0 aliphatic rings. The van der Waals surface area contributed by atoms with Crippen molar-refractivity contribution >= 4 is 11.0 Å². The summed E-state index contributed by atoms with van der Waals surface area (Å²) in [6.07, 6.45) is 3.10. The molecule has 2 heterocycles. The van der Waals surface area contributed by atoms with Crippen LogP contribution in [0.1, 0.15) is 0 Å². The smallest absolute Gasteiger partial charge is 0.157 e. The maximum atomic E-state index is 3.73. The predicted molar refractivity (Wildman–Crippen MR) is 34.0 cm³/mol. The molecule has 4 heteroatoms. The lowest BCUT2D eigenvalue weighted by Gasteiger charge is -1.87. The molecule has 0 unspecified atom stereocenters. The van der Waals surface area contributed by atoms with Crippen LogP contribution in [0.5, 0.6) is 0 Å². The highest BCUT2D eigenvalue weighted by Crippen LogP contribution is 2.00. The van der Waals surface area contributed by atoms with E-state index in [4.69, 9.17) is 0 Å². The van der Waals surface area contributed by atoms with Crippen LogP contribution >= 0.6 is 0 Å². The molecule has 0 saturated heterocycles. The van der Waals surface area contributed by atoms with Gasteiger partial charge in [0.15, 0.2) is 0 Å². The van der Waals surface area contributed by atoms with Gasteiger partial charge in [-0.25, -0.2) is 0 Å². The van der Waals surface area contributed by atoms with Gasteiger partial charge in [-0.2, -0.15) is 10.2 Å². The number of hydrogen-bond donors (Lipinski definition) is 0. The van der Waals surface area contributed by atoms with Crippen LogP contribution in [-0.2, 0) is 0 Å². The Kier molecular flexibility index (Phi) is 1.04. The molecule has 1 radical (unpaired) electrons. The lowest BCUT2D eigenvalue weighted by atomic mass is 10.3. The number of aromatic nitrogens is 4. The SMILES string of the molecule is [c]1cnnc2nnccc12. The Bertz CT molecular complexity index is 281. The van der Waals surface area contributed by atoms with Gasteiger partial charge in [-0.05, 0) is 6.07 Å². The molecule has 0 atom stereocenters. The summed E-state index contributed by atoms with van der Waals surface area (Å²) < 4.78 is 0. The number of rotatable bonds is 0. The largest absolute Gasteiger partial charge is 0.204 e. The molecule has 0 bridgehead atoms. The van der Waals surface area contributed by atoms with Gasteiger partial charge in [0, 0.05) is 11.5 Å². The van der Waals surface area contributed by atoms with Crippen LogP contribution in [0.4, 0.5) is 0 Å². The topological polar surface area (TPSA) is 51.6 Å². The van der Waals surface area contributed by atoms with Crippen LogP contribution in [0.3, 0.4) is 0 Å². The van der Waals surface area contributed by atoms with Crippen molar-refractivity contribution in [2.45, 2.75) is 0 Å². The summed E-state index contributed by atoms with van der Waals surface area (Å²) in [5.41, 5.74) is 0.532. The highest BCUT2D eigenvalue weighted by Gasteiger charge is 1.91. The van der Waals surface area contributed by atoms with Crippen LogP contribution in [0.15, 0.2) is 18.5 Å². The molecule has 0 fully saturated rings. The fourth-order valence-corrected chi connectivity index (χ4v) is 0.693. The van der Waals surface area contributed by atoms with E-state index in [0.717, 1.165) is 5.39 Å². The summed E-state index contributed by atoms with van der Waals surface area (Å²) in [7, 11) is 0. The first kappa shape index (κ1) is 5.22. The first-order valence-electron chi connectivity index (χ1n) is 2.77. The van der Waals surface area contributed by atoms with Gasteiger partial charge in [-0.15, -0.1) is 10.2 Å². The molecule has 2 rings (SSSR count). The molecule has 0 amide bonds. The van der Waals surface area contributed by atoms with Gasteiger partial charge in [0.25, 0.3) is 0 Å². The molecule has 0 aliphatic carbocycles. The van der Waals surface area contributed by atoms with Crippen LogP contribution in [0.25, 0.3) is 11.0 Å². The van der Waals surface area contributed by atoms with Gasteiger partial charge in [-0.3, -0.25) is 0 Å². The van der Waals surface area contributed by atoms with Gasteiger partial charge in [0.1, 0.15) is 0 Å². The van der Waals surface area contributed by atoms with E-state index in [-0.39, 0.29) is 0 Å². The molecule has 2 aromatic rings. The quantitative estimate of drug-likeness (QED) is 0.513. The first-order chi connectivity index (χ1) is 4.97. The highest BCUT2D eigenvalue weighted by atomic mass is 15.2. The molecule has 0 saturated carbocycles. The molecule has 0 aromatic carbocycles. The third kappa shape index (κ3) is 0.699. The van der Waals surface area contributed by atoms with Crippen molar-refractivity contribution in [1.29, 1.82) is 0 Å². The molecule has 0 N–H and O–H groups in total. The van der Waals surface area contributed by atoms with E-state index < -0.39 is 0 Å². The van der Waals surface area contributed by atoms with Crippen molar-refractivity contribution in [2.75, 3.05) is 0 Å². The Morgan fingerprint density at radius 3 is 3.00 bits per heavy atom. The van der Waals surface area contributed by atoms with Crippen molar-refractivity contribution in [3.8, 4) is 0 Å². The van der Waals surface area contributed by atoms with Crippen LogP contribution in [0.2, 0.25) is 0 Å². The van der Waals surface area contributed by atoms with Crippen molar-refractivity contribution in [3.63, 3.8) is 0 Å². The second kappa shape index (κ2) is 1.98. The normalized spacial score (nSPS) is 10.0. The van der Waals surface area contributed by atoms with Gasteiger partial charge < -0.3 is 0 Å². The second-order valence-electron chi connectivity index (χ2n) is 1.76. The Morgan fingerprint density at radius 1 is 1.20 bits per heavy atom. The van der Waals surface area contributed by atoms with Crippen molar-refractivity contribution < 1.29 is 0 Å². The molecular weight excluding hydrogens is 128 g/mol. The third-order valence-electron chi connectivity index (χ3n) is 1.13. The summed E-state index contributed by atoms with van der Waals surface area (Å²) in [4.78, 5) is 0. The summed E-state index contributed by atoms with van der Waals surface area (Å²) in [6.45, 7) is 0. The molecule has 0 aliphatic heterocycles. The summed E-state index contributed by atoms with van der Waals surface area (Å²) in [5, 5.41) is 15.5. The van der Waals surface area contributed by atoms with Gasteiger partial charge in [-0.1, -0.05) is 0 Å².